The predicted octanol–water partition coefficient (Wildman–Crippen LogP) is 3.58. The molecule has 2 aromatic heterocycles. The third-order valence-electron chi connectivity index (χ3n) is 5.90. The minimum absolute atomic E-state index is 0.169. The summed E-state index contributed by atoms with van der Waals surface area (Å²) in [5.74, 6) is 0.250. The zero-order valence-corrected chi connectivity index (χ0v) is 18.7. The van der Waals surface area contributed by atoms with E-state index in [0.29, 0.717) is 22.9 Å². The highest BCUT2D eigenvalue weighted by Gasteiger charge is 2.23. The first-order valence-corrected chi connectivity index (χ1v) is 11.3. The number of nitrogen functional groups attached to an aromatic ring is 1. The van der Waals surface area contributed by atoms with Crippen LogP contribution in [0.25, 0.3) is 22.3 Å². The van der Waals surface area contributed by atoms with Crippen molar-refractivity contribution >= 4 is 34.4 Å². The van der Waals surface area contributed by atoms with Gasteiger partial charge in [-0.05, 0) is 43.1 Å². The van der Waals surface area contributed by atoms with Gasteiger partial charge in [0.1, 0.15) is 17.8 Å². The lowest BCUT2D eigenvalue weighted by molar-refractivity contribution is 0.0951. The van der Waals surface area contributed by atoms with Crippen molar-refractivity contribution in [2.45, 2.75) is 25.4 Å². The number of nitrogens with two attached hydrogens (primary N) is 1. The SMILES string of the molecule is Nc1ncnc2c1c(-c1ccc(CNC(=O)c3cccc(Cl)c3)cc1)nn2[C@@H]1CCCNC1. The van der Waals surface area contributed by atoms with E-state index in [9.17, 15) is 4.79 Å². The van der Waals surface area contributed by atoms with Gasteiger partial charge in [-0.1, -0.05) is 41.9 Å². The van der Waals surface area contributed by atoms with E-state index in [1.54, 1.807) is 24.3 Å². The summed E-state index contributed by atoms with van der Waals surface area (Å²) < 4.78 is 1.98. The van der Waals surface area contributed by atoms with Gasteiger partial charge in [0.15, 0.2) is 5.65 Å². The number of fused-ring (bicyclic) bond motifs is 1. The van der Waals surface area contributed by atoms with Crippen molar-refractivity contribution in [1.29, 1.82) is 0 Å². The number of rotatable bonds is 5. The first-order valence-electron chi connectivity index (χ1n) is 10.9. The van der Waals surface area contributed by atoms with Crippen LogP contribution in [0.4, 0.5) is 5.82 Å². The molecule has 0 unspecified atom stereocenters. The maximum atomic E-state index is 12.4. The number of carbonyl (C=O) groups excluding carboxylic acids is 1. The molecule has 5 rings (SSSR count). The van der Waals surface area contributed by atoms with Gasteiger partial charge in [0, 0.05) is 29.2 Å². The van der Waals surface area contributed by atoms with Gasteiger partial charge in [0.05, 0.1) is 11.4 Å². The van der Waals surface area contributed by atoms with Gasteiger partial charge in [-0.25, -0.2) is 14.6 Å². The minimum atomic E-state index is -0.169. The van der Waals surface area contributed by atoms with E-state index in [1.807, 2.05) is 28.9 Å². The summed E-state index contributed by atoms with van der Waals surface area (Å²) in [7, 11) is 0. The fourth-order valence-corrected chi connectivity index (χ4v) is 4.38. The molecule has 1 amide bonds. The molecule has 1 aliphatic heterocycles. The van der Waals surface area contributed by atoms with Crippen molar-refractivity contribution in [1.82, 2.24) is 30.4 Å². The zero-order valence-electron chi connectivity index (χ0n) is 18.0. The Bertz CT molecular complexity index is 1300. The van der Waals surface area contributed by atoms with Crippen molar-refractivity contribution in [3.05, 3.63) is 71.0 Å². The van der Waals surface area contributed by atoms with Gasteiger partial charge in [0.25, 0.3) is 5.91 Å². The average Bonchev–Trinajstić information content (AvgIpc) is 3.24. The van der Waals surface area contributed by atoms with Crippen LogP contribution >= 0.6 is 11.6 Å². The summed E-state index contributed by atoms with van der Waals surface area (Å²) >= 11 is 5.98. The Hall–Kier alpha value is -3.49. The second-order valence-electron chi connectivity index (χ2n) is 8.14. The van der Waals surface area contributed by atoms with Gasteiger partial charge in [-0.3, -0.25) is 4.79 Å². The molecule has 2 aromatic carbocycles. The molecule has 1 aliphatic rings. The normalized spacial score (nSPS) is 16.1. The molecule has 4 N–H and O–H groups in total. The minimum Gasteiger partial charge on any atom is -0.383 e. The lowest BCUT2D eigenvalue weighted by Gasteiger charge is -2.23. The van der Waals surface area contributed by atoms with Crippen LogP contribution in [-0.4, -0.2) is 38.7 Å². The van der Waals surface area contributed by atoms with Crippen molar-refractivity contribution < 1.29 is 4.79 Å². The number of hydrogen-bond donors (Lipinski definition) is 3. The molecule has 0 aliphatic carbocycles. The van der Waals surface area contributed by atoms with Crippen molar-refractivity contribution in [2.24, 2.45) is 0 Å². The van der Waals surface area contributed by atoms with Gasteiger partial charge in [-0.15, -0.1) is 0 Å². The van der Waals surface area contributed by atoms with Crippen LogP contribution in [0.5, 0.6) is 0 Å². The number of carbonyl (C=O) groups is 1. The summed E-state index contributed by atoms with van der Waals surface area (Å²) in [5, 5.41) is 12.6. The highest BCUT2D eigenvalue weighted by atomic mass is 35.5. The summed E-state index contributed by atoms with van der Waals surface area (Å²) in [6.45, 7) is 2.28. The maximum Gasteiger partial charge on any atom is 0.251 e. The molecule has 0 spiro atoms. The van der Waals surface area contributed by atoms with E-state index in [1.165, 1.54) is 6.33 Å². The van der Waals surface area contributed by atoms with Crippen LogP contribution in [0.1, 0.15) is 34.8 Å². The largest absolute Gasteiger partial charge is 0.383 e. The van der Waals surface area contributed by atoms with Gasteiger partial charge in [0.2, 0.25) is 0 Å². The number of amides is 1. The number of piperidine rings is 1. The quantitative estimate of drug-likeness (QED) is 0.419. The monoisotopic (exact) mass is 461 g/mol. The van der Waals surface area contributed by atoms with Crippen LogP contribution in [0.2, 0.25) is 5.02 Å². The van der Waals surface area contributed by atoms with E-state index in [-0.39, 0.29) is 11.9 Å². The average molecular weight is 462 g/mol. The molecule has 4 aromatic rings. The number of benzene rings is 2. The summed E-state index contributed by atoms with van der Waals surface area (Å²) in [5.41, 5.74) is 10.2. The Kier molecular flexibility index (Phi) is 5.93. The second-order valence-corrected chi connectivity index (χ2v) is 8.58. The number of halogens is 1. The number of nitrogens with one attached hydrogen (secondary N) is 2. The van der Waals surface area contributed by atoms with Gasteiger partial charge < -0.3 is 16.4 Å². The standard InChI is InChI=1S/C24H24ClN7O/c25-18-4-1-3-17(11-18)24(33)28-12-15-6-8-16(9-7-15)21-20-22(26)29-14-30-23(20)32(31-21)19-5-2-10-27-13-19/h1,3-4,6-9,11,14,19,27H,2,5,10,12-13H2,(H,28,33)(H2,26,29,30)/t19-/m1/s1. The zero-order chi connectivity index (χ0) is 22.8. The second kappa shape index (κ2) is 9.17. The number of aromatic nitrogens is 4. The molecule has 168 valence electrons. The number of anilines is 1. The van der Waals surface area contributed by atoms with Crippen molar-refractivity contribution in [2.75, 3.05) is 18.8 Å². The summed E-state index contributed by atoms with van der Waals surface area (Å²) in [4.78, 5) is 21.1. The highest BCUT2D eigenvalue weighted by molar-refractivity contribution is 6.30. The Balaban J connectivity index is 1.39. The molecule has 0 radical (unpaired) electrons. The van der Waals surface area contributed by atoms with Crippen LogP contribution < -0.4 is 16.4 Å². The Morgan fingerprint density at radius 2 is 2.06 bits per heavy atom. The molecule has 9 heteroatoms. The van der Waals surface area contributed by atoms with Crippen LogP contribution in [0.15, 0.2) is 54.9 Å². The molecule has 1 atom stereocenters. The lowest BCUT2D eigenvalue weighted by Crippen LogP contribution is -2.32. The predicted molar refractivity (Wildman–Crippen MR) is 129 cm³/mol. The highest BCUT2D eigenvalue weighted by Crippen LogP contribution is 2.33. The van der Waals surface area contributed by atoms with E-state index in [0.717, 1.165) is 53.8 Å². The van der Waals surface area contributed by atoms with Crippen LogP contribution in [-0.2, 0) is 6.54 Å². The smallest absolute Gasteiger partial charge is 0.251 e. The van der Waals surface area contributed by atoms with E-state index in [4.69, 9.17) is 22.4 Å². The van der Waals surface area contributed by atoms with Crippen molar-refractivity contribution in [3.63, 3.8) is 0 Å². The first kappa shape index (κ1) is 21.4. The van der Waals surface area contributed by atoms with Crippen LogP contribution in [0, 0.1) is 0 Å². The maximum absolute atomic E-state index is 12.4. The Morgan fingerprint density at radius 1 is 1.21 bits per heavy atom. The number of nitrogens with zero attached hydrogens (tertiary/aromatic N) is 4. The third-order valence-corrected chi connectivity index (χ3v) is 6.14. The van der Waals surface area contributed by atoms with E-state index >= 15 is 0 Å². The molecule has 0 saturated carbocycles. The van der Waals surface area contributed by atoms with Gasteiger partial charge >= 0.3 is 0 Å². The van der Waals surface area contributed by atoms with Crippen LogP contribution in [0.3, 0.4) is 0 Å². The molecular formula is C24H24ClN7O. The molecule has 8 nitrogen and oxygen atoms in total. The Morgan fingerprint density at radius 3 is 2.82 bits per heavy atom. The van der Waals surface area contributed by atoms with E-state index < -0.39 is 0 Å². The van der Waals surface area contributed by atoms with E-state index in [2.05, 4.69) is 20.6 Å². The summed E-state index contributed by atoms with van der Waals surface area (Å²) in [6.07, 6.45) is 3.62. The third kappa shape index (κ3) is 4.40. The lowest BCUT2D eigenvalue weighted by atomic mass is 10.1. The molecule has 1 fully saturated rings. The fraction of sp³-hybridized carbons (Fsp3) is 0.250. The van der Waals surface area contributed by atoms with Crippen molar-refractivity contribution in [3.8, 4) is 11.3 Å². The topological polar surface area (TPSA) is 111 Å². The Labute approximate surface area is 196 Å². The summed E-state index contributed by atoms with van der Waals surface area (Å²) in [6, 6.07) is 15.0. The van der Waals surface area contributed by atoms with Gasteiger partial charge in [-0.2, -0.15) is 5.10 Å². The molecular weight excluding hydrogens is 438 g/mol. The fourth-order valence-electron chi connectivity index (χ4n) is 4.19. The molecule has 1 saturated heterocycles. The first-order chi connectivity index (χ1) is 16.1. The molecule has 33 heavy (non-hydrogen) atoms. The molecule has 0 bridgehead atoms. The molecule has 3 heterocycles. The number of hydrogen-bond acceptors (Lipinski definition) is 6.